The average Bonchev–Trinajstić information content (AvgIpc) is 2.75. The van der Waals surface area contributed by atoms with Gasteiger partial charge in [-0.25, -0.2) is 8.51 Å². The van der Waals surface area contributed by atoms with E-state index < -0.39 is 18.9 Å². The third-order valence-electron chi connectivity index (χ3n) is 4.90. The van der Waals surface area contributed by atoms with E-state index in [-0.39, 0.29) is 10.8 Å². The molecule has 4 heteroatoms. The Balaban J connectivity index is 2.03. The first kappa shape index (κ1) is 21.9. The van der Waals surface area contributed by atoms with Crippen LogP contribution in [0.5, 0.6) is 0 Å². The van der Waals surface area contributed by atoms with Crippen molar-refractivity contribution in [2.24, 2.45) is 0 Å². The van der Waals surface area contributed by atoms with Crippen LogP contribution in [0.2, 0.25) is 0 Å². The third-order valence-corrected chi connectivity index (χ3v) is 9.28. The lowest BCUT2D eigenvalue weighted by molar-refractivity contribution is 0.422. The molecule has 0 unspecified atom stereocenters. The summed E-state index contributed by atoms with van der Waals surface area (Å²) in [6.07, 6.45) is 0.922. The molecule has 0 N–H and O–H groups in total. The molecule has 3 aromatic carbocycles. The van der Waals surface area contributed by atoms with Crippen molar-refractivity contribution in [1.29, 1.82) is 0 Å². The molecule has 0 bridgehead atoms. The second-order valence-corrected chi connectivity index (χ2v) is 12.7. The van der Waals surface area contributed by atoms with Gasteiger partial charge in [0, 0.05) is 7.05 Å². The summed E-state index contributed by atoms with van der Waals surface area (Å²) in [6.45, 7) is 6.12. The second-order valence-electron chi connectivity index (χ2n) is 8.12. The van der Waals surface area contributed by atoms with Gasteiger partial charge in [-0.3, -0.25) is 0 Å². The molecule has 0 aliphatic carbocycles. The lowest BCUT2D eigenvalue weighted by Crippen LogP contribution is -2.39. The molecule has 0 aliphatic rings. The van der Waals surface area contributed by atoms with E-state index in [1.807, 2.05) is 33.9 Å². The first-order valence-corrected chi connectivity index (χ1v) is 12.6. The molecule has 0 aromatic heterocycles. The maximum Gasteiger partial charge on any atom is 0.100 e. The molecular formula is C25H30NOPS. The van der Waals surface area contributed by atoms with E-state index in [1.165, 1.54) is 16.2 Å². The Labute approximate surface area is 179 Å². The lowest BCUT2D eigenvalue weighted by Gasteiger charge is -2.35. The molecule has 152 valence electrons. The maximum atomic E-state index is 13.3. The Morgan fingerprint density at radius 1 is 0.793 bits per heavy atom. The van der Waals surface area contributed by atoms with Crippen LogP contribution in [-0.2, 0) is 11.0 Å². The van der Waals surface area contributed by atoms with Gasteiger partial charge in [-0.05, 0) is 51.0 Å². The Bertz CT molecular complexity index is 870. The summed E-state index contributed by atoms with van der Waals surface area (Å²) in [7, 11) is 0.321. The molecule has 0 saturated carbocycles. The summed E-state index contributed by atoms with van der Waals surface area (Å²) < 4.78 is 15.0. The van der Waals surface area contributed by atoms with Crippen LogP contribution in [0.3, 0.4) is 0 Å². The standard InChI is InChI=1S/C25H30NOPS/c1-25(2,3)29(27)26(4)24(21-14-8-5-9-15-21)20-28(22-16-10-6-11-17-22)23-18-12-7-13-19-23/h5-19,24H,20H2,1-4H3/t24-,29-/m1/s1. The molecular weight excluding hydrogens is 393 g/mol. The van der Waals surface area contributed by atoms with Crippen molar-refractivity contribution < 1.29 is 4.21 Å². The van der Waals surface area contributed by atoms with Crippen molar-refractivity contribution in [3.63, 3.8) is 0 Å². The largest absolute Gasteiger partial charge is 0.242 e. The van der Waals surface area contributed by atoms with Gasteiger partial charge >= 0.3 is 0 Å². The molecule has 0 fully saturated rings. The zero-order chi connectivity index (χ0) is 20.9. The van der Waals surface area contributed by atoms with Crippen molar-refractivity contribution in [2.75, 3.05) is 13.2 Å². The summed E-state index contributed by atoms with van der Waals surface area (Å²) in [5.41, 5.74) is 1.21. The second kappa shape index (κ2) is 9.80. The van der Waals surface area contributed by atoms with Gasteiger partial charge in [0.05, 0.1) is 10.8 Å². The summed E-state index contributed by atoms with van der Waals surface area (Å²) in [5.74, 6) is 0. The SMILES string of the molecule is CN([C@H](CP(c1ccccc1)c1ccccc1)c1ccccc1)[S@](=O)C(C)(C)C. The molecule has 0 radical (unpaired) electrons. The minimum atomic E-state index is -1.10. The summed E-state index contributed by atoms with van der Waals surface area (Å²) in [4.78, 5) is 0. The fraction of sp³-hybridized carbons (Fsp3) is 0.280. The highest BCUT2D eigenvalue weighted by Gasteiger charge is 2.31. The predicted molar refractivity (Wildman–Crippen MR) is 129 cm³/mol. The van der Waals surface area contributed by atoms with E-state index in [1.54, 1.807) is 0 Å². The fourth-order valence-electron chi connectivity index (χ4n) is 3.40. The van der Waals surface area contributed by atoms with Gasteiger partial charge in [0.15, 0.2) is 0 Å². The van der Waals surface area contributed by atoms with Crippen LogP contribution < -0.4 is 10.6 Å². The molecule has 2 nitrogen and oxygen atoms in total. The number of rotatable bonds is 7. The molecule has 0 aliphatic heterocycles. The number of hydrogen-bond acceptors (Lipinski definition) is 1. The minimum absolute atomic E-state index is 0.0720. The first-order chi connectivity index (χ1) is 13.9. The topological polar surface area (TPSA) is 20.3 Å². The van der Waals surface area contributed by atoms with Crippen molar-refractivity contribution in [2.45, 2.75) is 31.6 Å². The minimum Gasteiger partial charge on any atom is -0.242 e. The quantitative estimate of drug-likeness (QED) is 0.475. The van der Waals surface area contributed by atoms with Crippen LogP contribution >= 0.6 is 7.92 Å². The predicted octanol–water partition coefficient (Wildman–Crippen LogP) is 5.25. The molecule has 3 rings (SSSR count). The molecule has 0 spiro atoms. The number of hydrogen-bond donors (Lipinski definition) is 0. The van der Waals surface area contributed by atoms with Crippen LogP contribution in [0.4, 0.5) is 0 Å². The van der Waals surface area contributed by atoms with Crippen LogP contribution in [0.25, 0.3) is 0 Å². The molecule has 3 aromatic rings. The Kier molecular flexibility index (Phi) is 7.40. The normalized spacial score (nSPS) is 14.1. The summed E-state index contributed by atoms with van der Waals surface area (Å²) in [5, 5.41) is 2.70. The highest BCUT2D eigenvalue weighted by atomic mass is 32.2. The van der Waals surface area contributed by atoms with Crippen molar-refractivity contribution in [3.05, 3.63) is 96.6 Å². The van der Waals surface area contributed by atoms with Crippen molar-refractivity contribution in [3.8, 4) is 0 Å². The smallest absolute Gasteiger partial charge is 0.100 e. The lowest BCUT2D eigenvalue weighted by atomic mass is 10.1. The van der Waals surface area contributed by atoms with Gasteiger partial charge in [0.2, 0.25) is 0 Å². The monoisotopic (exact) mass is 423 g/mol. The van der Waals surface area contributed by atoms with Crippen molar-refractivity contribution in [1.82, 2.24) is 4.31 Å². The Morgan fingerprint density at radius 3 is 1.62 bits per heavy atom. The van der Waals surface area contributed by atoms with Gasteiger partial charge in [-0.2, -0.15) is 0 Å². The zero-order valence-electron chi connectivity index (χ0n) is 17.7. The van der Waals surface area contributed by atoms with E-state index in [9.17, 15) is 4.21 Å². The van der Waals surface area contributed by atoms with E-state index in [0.717, 1.165) is 6.16 Å². The average molecular weight is 424 g/mol. The van der Waals surface area contributed by atoms with E-state index in [4.69, 9.17) is 0 Å². The summed E-state index contributed by atoms with van der Waals surface area (Å²) in [6, 6.07) is 32.1. The van der Waals surface area contributed by atoms with Crippen molar-refractivity contribution >= 4 is 29.5 Å². The molecule has 0 saturated heterocycles. The Morgan fingerprint density at radius 2 is 1.21 bits per heavy atom. The fourth-order valence-corrected chi connectivity index (χ4v) is 7.39. The summed E-state index contributed by atoms with van der Waals surface area (Å²) >= 11 is 0. The number of nitrogens with zero attached hydrogens (tertiary/aromatic N) is 1. The van der Waals surface area contributed by atoms with Gasteiger partial charge in [-0.1, -0.05) is 91.0 Å². The molecule has 2 atom stereocenters. The highest BCUT2D eigenvalue weighted by Crippen LogP contribution is 2.41. The molecule has 29 heavy (non-hydrogen) atoms. The third kappa shape index (κ3) is 5.63. The van der Waals surface area contributed by atoms with Crippen LogP contribution in [0.1, 0.15) is 32.4 Å². The van der Waals surface area contributed by atoms with E-state index in [2.05, 4.69) is 89.2 Å². The molecule has 0 heterocycles. The number of benzene rings is 3. The van der Waals surface area contributed by atoms with Gasteiger partial charge in [-0.15, -0.1) is 0 Å². The van der Waals surface area contributed by atoms with Gasteiger partial charge in [0.1, 0.15) is 11.0 Å². The first-order valence-electron chi connectivity index (χ1n) is 9.95. The molecule has 0 amide bonds. The maximum absolute atomic E-state index is 13.3. The van der Waals surface area contributed by atoms with Crippen LogP contribution in [0.15, 0.2) is 91.0 Å². The van der Waals surface area contributed by atoms with Gasteiger partial charge in [0.25, 0.3) is 0 Å². The van der Waals surface area contributed by atoms with E-state index in [0.29, 0.717) is 0 Å². The highest BCUT2D eigenvalue weighted by molar-refractivity contribution is 7.84. The van der Waals surface area contributed by atoms with Gasteiger partial charge < -0.3 is 0 Å². The zero-order valence-corrected chi connectivity index (χ0v) is 19.4. The Hall–Kier alpha value is -1.80. The van der Waals surface area contributed by atoms with E-state index >= 15 is 0 Å². The van der Waals surface area contributed by atoms with Crippen LogP contribution in [0, 0.1) is 0 Å². The van der Waals surface area contributed by atoms with Crippen LogP contribution in [-0.4, -0.2) is 26.5 Å².